The number of piperidine rings is 1. The Kier molecular flexibility index (Phi) is 4.41. The summed E-state index contributed by atoms with van der Waals surface area (Å²) in [7, 11) is 0. The predicted octanol–water partition coefficient (Wildman–Crippen LogP) is 1.93. The van der Waals surface area contributed by atoms with Crippen molar-refractivity contribution >= 4 is 5.91 Å². The lowest BCUT2D eigenvalue weighted by Crippen LogP contribution is -2.59. The van der Waals surface area contributed by atoms with Crippen LogP contribution >= 0.6 is 0 Å². The molecule has 1 aliphatic heterocycles. The van der Waals surface area contributed by atoms with Crippen molar-refractivity contribution < 1.29 is 18.0 Å². The molecule has 1 unspecified atom stereocenters. The highest BCUT2D eigenvalue weighted by atomic mass is 19.4. The first-order valence-electron chi connectivity index (χ1n) is 5.89. The summed E-state index contributed by atoms with van der Waals surface area (Å²) >= 11 is 0. The molecular formula is C11H19F3N2O. The van der Waals surface area contributed by atoms with Crippen LogP contribution in [0.4, 0.5) is 13.2 Å². The van der Waals surface area contributed by atoms with Crippen molar-refractivity contribution in [1.82, 2.24) is 10.2 Å². The molecule has 1 N–H and O–H groups in total. The van der Waals surface area contributed by atoms with Gasteiger partial charge in [0.2, 0.25) is 5.91 Å². The summed E-state index contributed by atoms with van der Waals surface area (Å²) in [5, 5.41) is 3.04. The second-order valence-corrected chi connectivity index (χ2v) is 4.65. The maximum atomic E-state index is 12.3. The van der Waals surface area contributed by atoms with Crippen molar-refractivity contribution in [3.8, 4) is 0 Å². The van der Waals surface area contributed by atoms with Crippen LogP contribution in [0.5, 0.6) is 0 Å². The molecule has 0 aromatic carbocycles. The third-order valence-electron chi connectivity index (χ3n) is 3.13. The van der Waals surface area contributed by atoms with Gasteiger partial charge in [0, 0.05) is 6.54 Å². The molecule has 100 valence electrons. The number of hydrogen-bond donors (Lipinski definition) is 1. The van der Waals surface area contributed by atoms with E-state index >= 15 is 0 Å². The molecule has 6 heteroatoms. The van der Waals surface area contributed by atoms with Crippen molar-refractivity contribution in [3.05, 3.63) is 0 Å². The third kappa shape index (κ3) is 3.87. The number of halogens is 3. The van der Waals surface area contributed by atoms with Crippen LogP contribution in [0.25, 0.3) is 0 Å². The highest BCUT2D eigenvalue weighted by Crippen LogP contribution is 2.24. The highest BCUT2D eigenvalue weighted by Gasteiger charge is 2.40. The molecule has 0 aromatic rings. The topological polar surface area (TPSA) is 32.3 Å². The smallest absolute Gasteiger partial charge is 0.332 e. The van der Waals surface area contributed by atoms with Crippen molar-refractivity contribution in [2.24, 2.45) is 0 Å². The Morgan fingerprint density at radius 3 is 2.47 bits per heavy atom. The summed E-state index contributed by atoms with van der Waals surface area (Å²) < 4.78 is 37.0. The molecule has 0 radical (unpaired) electrons. The largest absolute Gasteiger partial charge is 0.406 e. The fourth-order valence-electron chi connectivity index (χ4n) is 2.13. The molecule has 1 saturated heterocycles. The normalized spacial score (nSPS) is 25.7. The van der Waals surface area contributed by atoms with Gasteiger partial charge in [0.25, 0.3) is 0 Å². The van der Waals surface area contributed by atoms with Gasteiger partial charge in [0.1, 0.15) is 6.54 Å². The predicted molar refractivity (Wildman–Crippen MR) is 58.6 cm³/mol. The number of carbonyl (C=O) groups is 1. The monoisotopic (exact) mass is 252 g/mol. The standard InChI is InChI=1S/C11H19F3N2O/c1-3-16(8-11(12,13)14)9(17)10(2)6-4-5-7-15-10/h15H,3-8H2,1-2H3. The average molecular weight is 252 g/mol. The molecule has 1 rings (SSSR count). The van der Waals surface area contributed by atoms with Gasteiger partial charge >= 0.3 is 6.18 Å². The first-order valence-corrected chi connectivity index (χ1v) is 5.89. The van der Waals surface area contributed by atoms with Crippen LogP contribution in [0.1, 0.15) is 33.1 Å². The zero-order valence-corrected chi connectivity index (χ0v) is 10.2. The van der Waals surface area contributed by atoms with Crippen LogP contribution in [0.2, 0.25) is 0 Å². The minimum absolute atomic E-state index is 0.0790. The average Bonchev–Trinajstić information content (AvgIpc) is 2.25. The molecule has 0 aromatic heterocycles. The van der Waals surface area contributed by atoms with E-state index in [2.05, 4.69) is 5.32 Å². The highest BCUT2D eigenvalue weighted by molar-refractivity contribution is 5.86. The fraction of sp³-hybridized carbons (Fsp3) is 0.909. The first kappa shape index (κ1) is 14.3. The van der Waals surface area contributed by atoms with Gasteiger partial charge in [-0.05, 0) is 39.7 Å². The number of alkyl halides is 3. The van der Waals surface area contributed by atoms with Crippen LogP contribution in [0, 0.1) is 0 Å². The molecule has 0 aliphatic carbocycles. The lowest BCUT2D eigenvalue weighted by molar-refractivity contribution is -0.165. The molecule has 1 atom stereocenters. The Morgan fingerprint density at radius 2 is 2.06 bits per heavy atom. The number of nitrogens with one attached hydrogen (secondary N) is 1. The van der Waals surface area contributed by atoms with Crippen molar-refractivity contribution in [2.75, 3.05) is 19.6 Å². The SMILES string of the molecule is CCN(CC(F)(F)F)C(=O)C1(C)CCCCN1. The van der Waals surface area contributed by atoms with Crippen molar-refractivity contribution in [3.63, 3.8) is 0 Å². The van der Waals surface area contributed by atoms with E-state index in [0.717, 1.165) is 17.7 Å². The van der Waals surface area contributed by atoms with Crippen LogP contribution < -0.4 is 5.32 Å². The number of carbonyl (C=O) groups excluding carboxylic acids is 1. The maximum absolute atomic E-state index is 12.3. The van der Waals surface area contributed by atoms with Gasteiger partial charge in [0.05, 0.1) is 5.54 Å². The van der Waals surface area contributed by atoms with E-state index in [1.54, 1.807) is 13.8 Å². The van der Waals surface area contributed by atoms with Crippen molar-refractivity contribution in [1.29, 1.82) is 0 Å². The Bertz CT molecular complexity index is 272. The zero-order valence-electron chi connectivity index (χ0n) is 10.2. The van der Waals surface area contributed by atoms with Crippen LogP contribution in [-0.4, -0.2) is 42.2 Å². The minimum Gasteiger partial charge on any atom is -0.332 e. The van der Waals surface area contributed by atoms with E-state index in [0.29, 0.717) is 13.0 Å². The lowest BCUT2D eigenvalue weighted by atomic mass is 9.89. The van der Waals surface area contributed by atoms with Gasteiger partial charge in [-0.3, -0.25) is 4.79 Å². The Labute approximate surface area is 99.4 Å². The summed E-state index contributed by atoms with van der Waals surface area (Å²) in [6, 6.07) is 0. The molecule has 0 saturated carbocycles. The van der Waals surface area contributed by atoms with Crippen molar-refractivity contribution in [2.45, 2.75) is 44.8 Å². The minimum atomic E-state index is -4.34. The molecule has 3 nitrogen and oxygen atoms in total. The van der Waals surface area contributed by atoms with Gasteiger partial charge in [0.15, 0.2) is 0 Å². The number of hydrogen-bond acceptors (Lipinski definition) is 2. The maximum Gasteiger partial charge on any atom is 0.406 e. The van der Waals surface area contributed by atoms with E-state index in [4.69, 9.17) is 0 Å². The summed E-state index contributed by atoms with van der Waals surface area (Å²) in [6.45, 7) is 2.85. The molecule has 1 aliphatic rings. The van der Waals surface area contributed by atoms with Gasteiger partial charge in [-0.2, -0.15) is 13.2 Å². The van der Waals surface area contributed by atoms with E-state index in [9.17, 15) is 18.0 Å². The van der Waals surface area contributed by atoms with Crippen LogP contribution in [0.3, 0.4) is 0 Å². The summed E-state index contributed by atoms with van der Waals surface area (Å²) in [4.78, 5) is 13.0. The third-order valence-corrected chi connectivity index (χ3v) is 3.13. The molecule has 0 spiro atoms. The number of nitrogens with zero attached hydrogens (tertiary/aromatic N) is 1. The number of likely N-dealkylation sites (N-methyl/N-ethyl adjacent to an activating group) is 1. The molecule has 1 amide bonds. The zero-order chi connectivity index (χ0) is 13.1. The molecule has 17 heavy (non-hydrogen) atoms. The van der Waals surface area contributed by atoms with Crippen LogP contribution in [-0.2, 0) is 4.79 Å². The van der Waals surface area contributed by atoms with E-state index in [-0.39, 0.29) is 6.54 Å². The van der Waals surface area contributed by atoms with E-state index in [1.807, 2.05) is 0 Å². The fourth-order valence-corrected chi connectivity index (χ4v) is 2.13. The summed E-state index contributed by atoms with van der Waals surface area (Å²) in [5.41, 5.74) is -0.834. The molecular weight excluding hydrogens is 233 g/mol. The summed E-state index contributed by atoms with van der Waals surface area (Å²) in [5.74, 6) is -0.447. The van der Waals surface area contributed by atoms with Gasteiger partial charge in [-0.15, -0.1) is 0 Å². The number of amides is 1. The number of rotatable bonds is 3. The Morgan fingerprint density at radius 1 is 1.41 bits per heavy atom. The second-order valence-electron chi connectivity index (χ2n) is 4.65. The Balaban J connectivity index is 2.71. The lowest BCUT2D eigenvalue weighted by Gasteiger charge is -2.37. The van der Waals surface area contributed by atoms with Gasteiger partial charge < -0.3 is 10.2 Å². The molecule has 0 bridgehead atoms. The van der Waals surface area contributed by atoms with Crippen LogP contribution in [0.15, 0.2) is 0 Å². The van der Waals surface area contributed by atoms with E-state index < -0.39 is 24.2 Å². The quantitative estimate of drug-likeness (QED) is 0.832. The molecule has 1 fully saturated rings. The van der Waals surface area contributed by atoms with Gasteiger partial charge in [-0.1, -0.05) is 0 Å². The van der Waals surface area contributed by atoms with Gasteiger partial charge in [-0.25, -0.2) is 0 Å². The Hall–Kier alpha value is -0.780. The summed E-state index contributed by atoms with van der Waals surface area (Å²) in [6.07, 6.45) is -1.90. The second kappa shape index (κ2) is 5.25. The molecule has 1 heterocycles. The van der Waals surface area contributed by atoms with E-state index in [1.165, 1.54) is 0 Å². The first-order chi connectivity index (χ1) is 7.78.